The normalized spacial score (nSPS) is 12.9. The molecule has 2 aromatic carbocycles. The van der Waals surface area contributed by atoms with Crippen molar-refractivity contribution in [2.24, 2.45) is 0 Å². The Morgan fingerprint density at radius 3 is 2.25 bits per heavy atom. The Morgan fingerprint density at radius 2 is 1.64 bits per heavy atom. The molecule has 0 radical (unpaired) electrons. The molecular formula is C23H30N2O3. The summed E-state index contributed by atoms with van der Waals surface area (Å²) in [6, 6.07) is 15.0. The number of nitrogens with one attached hydrogen (secondary N) is 2. The average Bonchev–Trinajstić information content (AvgIpc) is 2.61. The van der Waals surface area contributed by atoms with E-state index in [1.807, 2.05) is 76.2 Å². The van der Waals surface area contributed by atoms with Gasteiger partial charge in [-0.25, -0.2) is 0 Å². The number of carbonyl (C=O) groups excluding carboxylic acids is 2. The van der Waals surface area contributed by atoms with Crippen LogP contribution in [0.25, 0.3) is 0 Å². The maximum absolute atomic E-state index is 12.6. The lowest BCUT2D eigenvalue weighted by atomic mass is 10.0. The lowest BCUT2D eigenvalue weighted by molar-refractivity contribution is -0.123. The summed E-state index contributed by atoms with van der Waals surface area (Å²) in [5, 5.41) is 5.89. The van der Waals surface area contributed by atoms with Crippen molar-refractivity contribution in [2.75, 3.05) is 0 Å². The second kappa shape index (κ2) is 9.93. The smallest absolute Gasteiger partial charge is 0.222 e. The van der Waals surface area contributed by atoms with E-state index in [1.54, 1.807) is 0 Å². The predicted molar refractivity (Wildman–Crippen MR) is 111 cm³/mol. The van der Waals surface area contributed by atoms with Gasteiger partial charge in [0.2, 0.25) is 11.8 Å². The van der Waals surface area contributed by atoms with Gasteiger partial charge in [0.05, 0.1) is 24.6 Å². The molecule has 0 fully saturated rings. The van der Waals surface area contributed by atoms with E-state index >= 15 is 0 Å². The Hall–Kier alpha value is -2.82. The zero-order chi connectivity index (χ0) is 20.7. The summed E-state index contributed by atoms with van der Waals surface area (Å²) in [5.41, 5.74) is 3.01. The van der Waals surface area contributed by atoms with Crippen molar-refractivity contribution < 1.29 is 14.3 Å². The fourth-order valence-electron chi connectivity index (χ4n) is 2.99. The number of aryl methyl sites for hydroxylation is 1. The highest BCUT2D eigenvalue weighted by Gasteiger charge is 2.19. The number of ether oxygens (including phenoxy) is 1. The highest BCUT2D eigenvalue weighted by Crippen LogP contribution is 2.22. The van der Waals surface area contributed by atoms with Gasteiger partial charge in [-0.3, -0.25) is 9.59 Å². The summed E-state index contributed by atoms with van der Waals surface area (Å²) in [4.78, 5) is 24.2. The van der Waals surface area contributed by atoms with Gasteiger partial charge < -0.3 is 15.4 Å². The number of benzene rings is 2. The van der Waals surface area contributed by atoms with Gasteiger partial charge in [0, 0.05) is 6.92 Å². The molecule has 0 aromatic heterocycles. The molecule has 0 bridgehead atoms. The molecule has 0 saturated carbocycles. The SMILES string of the molecule is CC(=O)NC(CC(=O)NC(C)c1cccc(OC(C)C)c1)c1ccc(C)cc1. The molecule has 2 unspecified atom stereocenters. The number of rotatable bonds is 8. The van der Waals surface area contributed by atoms with Gasteiger partial charge in [-0.1, -0.05) is 42.0 Å². The second-order valence-corrected chi connectivity index (χ2v) is 7.40. The topological polar surface area (TPSA) is 67.4 Å². The van der Waals surface area contributed by atoms with Crippen LogP contribution in [0.2, 0.25) is 0 Å². The lowest BCUT2D eigenvalue weighted by Gasteiger charge is -2.21. The molecule has 28 heavy (non-hydrogen) atoms. The van der Waals surface area contributed by atoms with Crippen LogP contribution in [0, 0.1) is 6.92 Å². The van der Waals surface area contributed by atoms with Crippen molar-refractivity contribution in [1.29, 1.82) is 0 Å². The Morgan fingerprint density at radius 1 is 0.964 bits per heavy atom. The zero-order valence-electron chi connectivity index (χ0n) is 17.3. The van der Waals surface area contributed by atoms with Crippen LogP contribution in [-0.2, 0) is 9.59 Å². The number of hydrogen-bond donors (Lipinski definition) is 2. The fraction of sp³-hybridized carbons (Fsp3) is 0.391. The molecule has 2 amide bonds. The average molecular weight is 383 g/mol. The minimum Gasteiger partial charge on any atom is -0.491 e. The number of carbonyl (C=O) groups is 2. The number of hydrogen-bond acceptors (Lipinski definition) is 3. The van der Waals surface area contributed by atoms with Crippen LogP contribution in [0.4, 0.5) is 0 Å². The Bertz CT molecular complexity index is 800. The molecule has 2 atom stereocenters. The van der Waals surface area contributed by atoms with Gasteiger partial charge in [0.15, 0.2) is 0 Å². The summed E-state index contributed by atoms with van der Waals surface area (Å²) >= 11 is 0. The van der Waals surface area contributed by atoms with Crippen molar-refractivity contribution in [1.82, 2.24) is 10.6 Å². The first-order valence-electron chi connectivity index (χ1n) is 9.64. The largest absolute Gasteiger partial charge is 0.491 e. The van der Waals surface area contributed by atoms with Crippen LogP contribution in [-0.4, -0.2) is 17.9 Å². The minimum absolute atomic E-state index is 0.0908. The van der Waals surface area contributed by atoms with Crippen LogP contribution in [0.5, 0.6) is 5.75 Å². The highest BCUT2D eigenvalue weighted by molar-refractivity contribution is 5.79. The van der Waals surface area contributed by atoms with Crippen LogP contribution in [0.3, 0.4) is 0 Å². The summed E-state index contributed by atoms with van der Waals surface area (Å²) in [5.74, 6) is 0.497. The third-order valence-corrected chi connectivity index (χ3v) is 4.35. The lowest BCUT2D eigenvalue weighted by Crippen LogP contribution is -2.33. The van der Waals surface area contributed by atoms with Crippen LogP contribution >= 0.6 is 0 Å². The van der Waals surface area contributed by atoms with Crippen LogP contribution < -0.4 is 15.4 Å². The predicted octanol–water partition coefficient (Wildman–Crippen LogP) is 4.23. The van der Waals surface area contributed by atoms with Crippen LogP contribution in [0.15, 0.2) is 48.5 Å². The van der Waals surface area contributed by atoms with Crippen molar-refractivity contribution >= 4 is 11.8 Å². The fourth-order valence-corrected chi connectivity index (χ4v) is 2.99. The zero-order valence-corrected chi connectivity index (χ0v) is 17.3. The van der Waals surface area contributed by atoms with Gasteiger partial charge in [-0.15, -0.1) is 0 Å². The molecule has 0 aliphatic heterocycles. The molecule has 0 saturated heterocycles. The van der Waals surface area contributed by atoms with E-state index < -0.39 is 0 Å². The van der Waals surface area contributed by atoms with Gasteiger partial charge >= 0.3 is 0 Å². The van der Waals surface area contributed by atoms with Gasteiger partial charge in [0.25, 0.3) is 0 Å². The summed E-state index contributed by atoms with van der Waals surface area (Å²) in [6.07, 6.45) is 0.267. The Labute approximate surface area is 167 Å². The molecule has 2 rings (SSSR count). The molecule has 0 aliphatic carbocycles. The van der Waals surface area contributed by atoms with E-state index in [9.17, 15) is 9.59 Å². The molecular weight excluding hydrogens is 352 g/mol. The Kier molecular flexibility index (Phi) is 7.61. The molecule has 150 valence electrons. The third kappa shape index (κ3) is 6.72. The first-order chi connectivity index (χ1) is 13.2. The first kappa shape index (κ1) is 21.5. The van der Waals surface area contributed by atoms with Gasteiger partial charge in [-0.05, 0) is 51.0 Å². The molecule has 5 heteroatoms. The minimum atomic E-state index is -0.360. The third-order valence-electron chi connectivity index (χ3n) is 4.35. The quantitative estimate of drug-likeness (QED) is 0.718. The molecule has 0 heterocycles. The summed E-state index contributed by atoms with van der Waals surface area (Å²) in [6.45, 7) is 9.35. The van der Waals surface area contributed by atoms with Crippen LogP contribution in [0.1, 0.15) is 62.9 Å². The summed E-state index contributed by atoms with van der Waals surface area (Å²) < 4.78 is 5.73. The first-order valence-corrected chi connectivity index (χ1v) is 9.64. The van der Waals surface area contributed by atoms with Crippen molar-refractivity contribution in [3.05, 3.63) is 65.2 Å². The molecule has 2 aromatic rings. The van der Waals surface area contributed by atoms with Crippen molar-refractivity contribution in [3.8, 4) is 5.75 Å². The van der Waals surface area contributed by atoms with E-state index in [4.69, 9.17) is 4.74 Å². The van der Waals surface area contributed by atoms with Crippen molar-refractivity contribution in [3.63, 3.8) is 0 Å². The maximum Gasteiger partial charge on any atom is 0.222 e. The number of amides is 2. The van der Waals surface area contributed by atoms with E-state index in [1.165, 1.54) is 6.92 Å². The van der Waals surface area contributed by atoms with Crippen molar-refractivity contribution in [2.45, 2.75) is 59.2 Å². The van der Waals surface area contributed by atoms with E-state index in [0.29, 0.717) is 0 Å². The molecule has 0 spiro atoms. The monoisotopic (exact) mass is 382 g/mol. The second-order valence-electron chi connectivity index (χ2n) is 7.40. The van der Waals surface area contributed by atoms with E-state index in [2.05, 4.69) is 10.6 Å². The van der Waals surface area contributed by atoms with E-state index in [0.717, 1.165) is 22.4 Å². The molecule has 5 nitrogen and oxygen atoms in total. The highest BCUT2D eigenvalue weighted by atomic mass is 16.5. The molecule has 2 N–H and O–H groups in total. The summed E-state index contributed by atoms with van der Waals surface area (Å²) in [7, 11) is 0. The Balaban J connectivity index is 2.05. The molecule has 0 aliphatic rings. The van der Waals surface area contributed by atoms with E-state index in [-0.39, 0.29) is 36.4 Å². The maximum atomic E-state index is 12.6. The standard InChI is InChI=1S/C23H30N2O3/c1-15(2)28-21-8-6-7-20(13-21)17(4)24-23(27)14-22(25-18(5)26)19-11-9-16(3)10-12-19/h6-13,15,17,22H,14H2,1-5H3,(H,24,27)(H,25,26). The van der Waals surface area contributed by atoms with Gasteiger partial charge in [-0.2, -0.15) is 0 Å². The van der Waals surface area contributed by atoms with Gasteiger partial charge in [0.1, 0.15) is 5.75 Å².